The summed E-state index contributed by atoms with van der Waals surface area (Å²) >= 11 is 0. The molecule has 6 rings (SSSR count). The highest BCUT2D eigenvalue weighted by Gasteiger charge is 2.27. The number of ketones is 1. The maximum atomic E-state index is 12.4. The molecule has 0 bridgehead atoms. The maximum Gasteiger partial charge on any atom is 0.339 e. The van der Waals surface area contributed by atoms with Crippen LogP contribution in [0.5, 0.6) is 0 Å². The highest BCUT2D eigenvalue weighted by Crippen LogP contribution is 2.39. The maximum absolute atomic E-state index is 12.4. The SMILES string of the molecule is CN/C(N=Nc1c(-c2ccccc2)nn(-c2cc(-n3nc(-c4ccccc4)c(N=NC4=C(C(=O)OC)CNN4C)c3N)ncn2)c1N)=C(\C=N)C(=O)CO. The lowest BCUT2D eigenvalue weighted by Gasteiger charge is -2.10. The smallest absolute Gasteiger partial charge is 0.339 e. The molecule has 2 aromatic carbocycles. The molecule has 0 saturated carbocycles. The van der Waals surface area contributed by atoms with Gasteiger partial charge in [-0.3, -0.25) is 9.80 Å². The molecule has 274 valence electrons. The summed E-state index contributed by atoms with van der Waals surface area (Å²) in [6.45, 7) is -0.618. The van der Waals surface area contributed by atoms with Crippen molar-refractivity contribution in [1.29, 1.82) is 5.41 Å². The van der Waals surface area contributed by atoms with Gasteiger partial charge in [-0.2, -0.15) is 19.6 Å². The zero-order valence-corrected chi connectivity index (χ0v) is 29.2. The number of Topliss-reactive ketones (excluding diaryl/α,β-unsaturated/α-hetero) is 1. The van der Waals surface area contributed by atoms with Crippen molar-refractivity contribution >= 4 is 41.0 Å². The number of carbonyl (C=O) groups is 2. The first kappa shape index (κ1) is 36.3. The van der Waals surface area contributed by atoms with Gasteiger partial charge < -0.3 is 32.0 Å². The third kappa shape index (κ3) is 7.04. The number of aromatic nitrogens is 6. The molecule has 0 radical (unpaired) electrons. The Balaban J connectivity index is 1.47. The number of aliphatic hydroxyl groups excluding tert-OH is 1. The monoisotopic (exact) mass is 730 g/mol. The van der Waals surface area contributed by atoms with Crippen LogP contribution in [-0.2, 0) is 14.3 Å². The van der Waals surface area contributed by atoms with Crippen LogP contribution in [0.1, 0.15) is 0 Å². The van der Waals surface area contributed by atoms with Crippen molar-refractivity contribution < 1.29 is 19.4 Å². The summed E-state index contributed by atoms with van der Waals surface area (Å²) in [4.78, 5) is 33.4. The minimum atomic E-state index is -0.821. The number of nitrogens with zero attached hydrogens (tertiary/aromatic N) is 11. The predicted octanol–water partition coefficient (Wildman–Crippen LogP) is 2.99. The van der Waals surface area contributed by atoms with Gasteiger partial charge in [0, 0.05) is 37.5 Å². The van der Waals surface area contributed by atoms with Gasteiger partial charge in [0.05, 0.1) is 24.8 Å². The third-order valence-corrected chi connectivity index (χ3v) is 8.04. The fraction of sp³-hybridized carbons (Fsp3) is 0.147. The van der Waals surface area contributed by atoms with E-state index in [-0.39, 0.29) is 64.0 Å². The molecule has 0 fully saturated rings. The Morgan fingerprint density at radius 3 is 2.00 bits per heavy atom. The molecule has 0 amide bonds. The minimum absolute atomic E-state index is 0.0273. The van der Waals surface area contributed by atoms with E-state index < -0.39 is 18.4 Å². The normalized spacial score (nSPS) is 13.5. The van der Waals surface area contributed by atoms with Crippen LogP contribution < -0.4 is 22.2 Å². The third-order valence-electron chi connectivity index (χ3n) is 8.04. The highest BCUT2D eigenvalue weighted by molar-refractivity contribution is 6.13. The average molecular weight is 731 g/mol. The second-order valence-electron chi connectivity index (χ2n) is 11.3. The van der Waals surface area contributed by atoms with Gasteiger partial charge in [0.2, 0.25) is 0 Å². The molecule has 5 aromatic rings. The summed E-state index contributed by atoms with van der Waals surface area (Å²) in [5.74, 6) is -0.548. The van der Waals surface area contributed by atoms with Crippen LogP contribution in [0.15, 0.2) is 116 Å². The van der Waals surface area contributed by atoms with Gasteiger partial charge in [0.15, 0.2) is 52.1 Å². The van der Waals surface area contributed by atoms with Gasteiger partial charge in [0.25, 0.3) is 0 Å². The second kappa shape index (κ2) is 15.8. The standard InChI is InChI=1S/C34H34N16O4/c1-38-32(21(15-35)23(52)17-51)44-42-28-26(19-10-6-4-7-11-19)46-49(30(28)36)24-14-25(40-18-39-24)50-31(37)29(27(47-50)20-12-8-5-9-13-20)43-45-33-22(34(53)54-3)16-41-48(33)2/h4-15,18,35,38,41,51H,16-17,36-37H2,1-3H3/b32-21-,35-15?,44-42?,45-43?. The largest absolute Gasteiger partial charge is 0.466 e. The lowest BCUT2D eigenvalue weighted by atomic mass is 10.1. The van der Waals surface area contributed by atoms with Gasteiger partial charge in [-0.1, -0.05) is 60.7 Å². The first-order valence-corrected chi connectivity index (χ1v) is 16.1. The van der Waals surface area contributed by atoms with Gasteiger partial charge in [-0.15, -0.1) is 20.5 Å². The van der Waals surface area contributed by atoms with E-state index in [4.69, 9.17) is 31.8 Å². The molecule has 1 aliphatic rings. The molecule has 3 aromatic heterocycles. The van der Waals surface area contributed by atoms with E-state index in [1.807, 2.05) is 48.5 Å². The lowest BCUT2D eigenvalue weighted by Crippen LogP contribution is -2.26. The Bertz CT molecular complexity index is 2230. The molecule has 4 heterocycles. The number of aliphatic hydroxyl groups is 1. The molecule has 0 spiro atoms. The number of hydrogen-bond donors (Lipinski definition) is 6. The van der Waals surface area contributed by atoms with E-state index in [1.54, 1.807) is 30.3 Å². The number of anilines is 2. The van der Waals surface area contributed by atoms with E-state index in [1.165, 1.54) is 29.8 Å². The van der Waals surface area contributed by atoms with Gasteiger partial charge in [0.1, 0.15) is 24.3 Å². The van der Waals surface area contributed by atoms with Crippen LogP contribution in [0.2, 0.25) is 0 Å². The number of nitrogens with two attached hydrogens (primary N) is 2. The van der Waals surface area contributed by atoms with Crippen molar-refractivity contribution in [2.45, 2.75) is 0 Å². The van der Waals surface area contributed by atoms with Crippen molar-refractivity contribution in [1.82, 2.24) is 45.3 Å². The van der Waals surface area contributed by atoms with Gasteiger partial charge in [-0.25, -0.2) is 20.2 Å². The quantitative estimate of drug-likeness (QED) is 0.0440. The summed E-state index contributed by atoms with van der Waals surface area (Å²) in [6.07, 6.45) is 2.06. The Morgan fingerprint density at radius 1 is 0.944 bits per heavy atom. The fourth-order valence-electron chi connectivity index (χ4n) is 5.31. The van der Waals surface area contributed by atoms with E-state index >= 15 is 0 Å². The topological polar surface area (TPSA) is 278 Å². The number of nitrogen functional groups attached to an aromatic ring is 2. The number of esters is 1. The van der Waals surface area contributed by atoms with Crippen LogP contribution in [0.3, 0.4) is 0 Å². The highest BCUT2D eigenvalue weighted by atomic mass is 16.5. The Kier molecular flexibility index (Phi) is 10.7. The van der Waals surface area contributed by atoms with Crippen molar-refractivity contribution in [3.05, 3.63) is 95.8 Å². The average Bonchev–Trinajstić information content (AvgIpc) is 3.86. The molecule has 54 heavy (non-hydrogen) atoms. The Hall–Kier alpha value is -7.45. The first-order chi connectivity index (χ1) is 26.2. The van der Waals surface area contributed by atoms with Crippen molar-refractivity contribution in [2.75, 3.05) is 45.8 Å². The zero-order valence-electron chi connectivity index (χ0n) is 29.2. The fourth-order valence-corrected chi connectivity index (χ4v) is 5.31. The molecular formula is C34H34N16O4. The first-order valence-electron chi connectivity index (χ1n) is 16.1. The molecule has 0 aliphatic carbocycles. The number of hydrazine groups is 1. The van der Waals surface area contributed by atoms with Crippen molar-refractivity contribution in [2.24, 2.45) is 20.5 Å². The Labute approximate surface area is 307 Å². The molecule has 0 atom stereocenters. The van der Waals surface area contributed by atoms with Crippen LogP contribution in [0, 0.1) is 5.41 Å². The number of carbonyl (C=O) groups excluding carboxylic acids is 2. The molecule has 20 nitrogen and oxygen atoms in total. The summed E-state index contributed by atoms with van der Waals surface area (Å²) < 4.78 is 7.61. The number of hydrogen-bond acceptors (Lipinski definition) is 18. The summed E-state index contributed by atoms with van der Waals surface area (Å²) in [5.41, 5.74) is 18.8. The predicted molar refractivity (Wildman–Crippen MR) is 197 cm³/mol. The molecule has 1 aliphatic heterocycles. The van der Waals surface area contributed by atoms with Crippen LogP contribution in [0.4, 0.5) is 23.0 Å². The molecule has 0 saturated heterocycles. The Morgan fingerprint density at radius 2 is 1.50 bits per heavy atom. The number of nitrogens with one attached hydrogen (secondary N) is 3. The zero-order chi connectivity index (χ0) is 38.4. The molecule has 8 N–H and O–H groups in total. The van der Waals surface area contributed by atoms with Gasteiger partial charge >= 0.3 is 5.97 Å². The number of ether oxygens (including phenoxy) is 1. The summed E-state index contributed by atoms with van der Waals surface area (Å²) in [7, 11) is 4.47. The summed E-state index contributed by atoms with van der Waals surface area (Å²) in [5, 5.41) is 48.1. The number of methoxy groups -OCH3 is 1. The summed E-state index contributed by atoms with van der Waals surface area (Å²) in [6, 6.07) is 19.8. The molecular weight excluding hydrogens is 696 g/mol. The van der Waals surface area contributed by atoms with Crippen molar-refractivity contribution in [3.63, 3.8) is 0 Å². The lowest BCUT2D eigenvalue weighted by molar-refractivity contribution is -0.136. The van der Waals surface area contributed by atoms with Crippen LogP contribution in [0.25, 0.3) is 34.2 Å². The van der Waals surface area contributed by atoms with Crippen LogP contribution >= 0.6 is 0 Å². The van der Waals surface area contributed by atoms with E-state index in [0.29, 0.717) is 22.5 Å². The number of azo groups is 2. The number of rotatable bonds is 13. The van der Waals surface area contributed by atoms with Crippen LogP contribution in [-0.4, -0.2) is 92.0 Å². The van der Waals surface area contributed by atoms with E-state index in [2.05, 4.69) is 41.2 Å². The number of benzene rings is 2. The molecule has 0 unspecified atom stereocenters. The van der Waals surface area contributed by atoms with E-state index in [0.717, 1.165) is 6.21 Å². The van der Waals surface area contributed by atoms with Gasteiger partial charge in [-0.05, 0) is 0 Å². The minimum Gasteiger partial charge on any atom is -0.466 e. The second-order valence-corrected chi connectivity index (χ2v) is 11.3. The molecule has 20 heteroatoms. The van der Waals surface area contributed by atoms with Crippen molar-refractivity contribution in [3.8, 4) is 34.2 Å². The van der Waals surface area contributed by atoms with E-state index in [9.17, 15) is 14.7 Å².